The quantitative estimate of drug-likeness (QED) is 0.706. The van der Waals surface area contributed by atoms with Crippen LogP contribution in [0.2, 0.25) is 0 Å². The zero-order valence-electron chi connectivity index (χ0n) is 15.3. The lowest BCUT2D eigenvalue weighted by Crippen LogP contribution is -2.41. The number of aromatic nitrogens is 1. The maximum absolute atomic E-state index is 12.7. The standard InChI is InChI=1S/C17H27N3O5S/c1-3-4-8-14(17(22)23)18-16(21)15-11-13(12-19(15)2)26(24,25)20-9-6-5-7-10-20/h11-12,14H,3-10H2,1-2H3,(H,18,21)(H,22,23)/t14-/m0/s1. The Morgan fingerprint density at radius 1 is 1.27 bits per heavy atom. The predicted octanol–water partition coefficient (Wildman–Crippen LogP) is 1.57. The molecule has 1 fully saturated rings. The van der Waals surface area contributed by atoms with E-state index in [0.29, 0.717) is 25.9 Å². The van der Waals surface area contributed by atoms with Gasteiger partial charge in [-0.15, -0.1) is 0 Å². The van der Waals surface area contributed by atoms with E-state index in [4.69, 9.17) is 0 Å². The SMILES string of the molecule is CCCC[C@H](NC(=O)c1cc(S(=O)(=O)N2CCCCC2)cn1C)C(=O)O. The predicted molar refractivity (Wildman–Crippen MR) is 96.4 cm³/mol. The lowest BCUT2D eigenvalue weighted by molar-refractivity contribution is -0.139. The summed E-state index contributed by atoms with van der Waals surface area (Å²) in [5, 5.41) is 11.7. The maximum atomic E-state index is 12.7. The van der Waals surface area contributed by atoms with Gasteiger partial charge in [-0.1, -0.05) is 26.2 Å². The zero-order valence-corrected chi connectivity index (χ0v) is 16.1. The zero-order chi connectivity index (χ0) is 19.3. The smallest absolute Gasteiger partial charge is 0.326 e. The molecule has 146 valence electrons. The molecule has 1 aliphatic heterocycles. The Balaban J connectivity index is 2.18. The van der Waals surface area contributed by atoms with Gasteiger partial charge < -0.3 is 15.0 Å². The number of rotatable bonds is 8. The number of piperidine rings is 1. The maximum Gasteiger partial charge on any atom is 0.326 e. The molecule has 1 amide bonds. The molecule has 0 bridgehead atoms. The fourth-order valence-electron chi connectivity index (χ4n) is 3.05. The molecule has 8 nitrogen and oxygen atoms in total. The number of amides is 1. The van der Waals surface area contributed by atoms with Crippen LogP contribution in [0.25, 0.3) is 0 Å². The summed E-state index contributed by atoms with van der Waals surface area (Å²) < 4.78 is 28.3. The van der Waals surface area contributed by atoms with Crippen molar-refractivity contribution in [2.24, 2.45) is 7.05 Å². The van der Waals surface area contributed by atoms with Gasteiger partial charge in [0.15, 0.2) is 0 Å². The highest BCUT2D eigenvalue weighted by atomic mass is 32.2. The first-order valence-corrected chi connectivity index (χ1v) is 10.4. The van der Waals surface area contributed by atoms with Gasteiger partial charge in [-0.25, -0.2) is 13.2 Å². The number of carbonyl (C=O) groups is 2. The van der Waals surface area contributed by atoms with Gasteiger partial charge in [0, 0.05) is 26.3 Å². The van der Waals surface area contributed by atoms with Crippen LogP contribution in [0.15, 0.2) is 17.2 Å². The van der Waals surface area contributed by atoms with E-state index in [2.05, 4.69) is 5.32 Å². The van der Waals surface area contributed by atoms with Crippen LogP contribution >= 0.6 is 0 Å². The fraction of sp³-hybridized carbons (Fsp3) is 0.647. The van der Waals surface area contributed by atoms with Gasteiger partial charge in [0.1, 0.15) is 16.6 Å². The molecule has 2 N–H and O–H groups in total. The normalized spacial score (nSPS) is 17.0. The van der Waals surface area contributed by atoms with Crippen LogP contribution in [0, 0.1) is 0 Å². The summed E-state index contributed by atoms with van der Waals surface area (Å²) >= 11 is 0. The van der Waals surface area contributed by atoms with Gasteiger partial charge in [-0.2, -0.15) is 4.31 Å². The Morgan fingerprint density at radius 3 is 2.50 bits per heavy atom. The molecule has 2 rings (SSSR count). The minimum Gasteiger partial charge on any atom is -0.480 e. The molecule has 1 saturated heterocycles. The number of carboxylic acid groups (broad SMARTS) is 1. The first-order chi connectivity index (χ1) is 12.3. The topological polar surface area (TPSA) is 109 Å². The lowest BCUT2D eigenvalue weighted by Gasteiger charge is -2.25. The van der Waals surface area contributed by atoms with Gasteiger partial charge in [0.25, 0.3) is 5.91 Å². The Labute approximate surface area is 154 Å². The van der Waals surface area contributed by atoms with E-state index in [1.807, 2.05) is 6.92 Å². The molecule has 0 radical (unpaired) electrons. The molecule has 26 heavy (non-hydrogen) atoms. The molecule has 0 unspecified atom stereocenters. The number of aliphatic carboxylic acids is 1. The van der Waals surface area contributed by atoms with E-state index in [1.54, 1.807) is 7.05 Å². The second-order valence-corrected chi connectivity index (χ2v) is 8.58. The molecule has 1 atom stereocenters. The number of nitrogens with one attached hydrogen (secondary N) is 1. The van der Waals surface area contributed by atoms with E-state index in [0.717, 1.165) is 25.7 Å². The molecule has 0 spiro atoms. The van der Waals surface area contributed by atoms with Crippen LogP contribution in [0.3, 0.4) is 0 Å². The van der Waals surface area contributed by atoms with Crippen LogP contribution in [0.4, 0.5) is 0 Å². The third-order valence-corrected chi connectivity index (χ3v) is 6.48. The van der Waals surface area contributed by atoms with Gasteiger partial charge in [0.2, 0.25) is 10.0 Å². The number of carboxylic acids is 1. The number of hydrogen-bond acceptors (Lipinski definition) is 4. The van der Waals surface area contributed by atoms with E-state index in [-0.39, 0.29) is 10.6 Å². The summed E-state index contributed by atoms with van der Waals surface area (Å²) in [5.74, 6) is -1.68. The number of sulfonamides is 1. The minimum atomic E-state index is -3.64. The number of aryl methyl sites for hydroxylation is 1. The summed E-state index contributed by atoms with van der Waals surface area (Å²) in [4.78, 5) is 23.8. The van der Waals surface area contributed by atoms with Crippen molar-refractivity contribution in [1.82, 2.24) is 14.2 Å². The number of nitrogens with zero attached hydrogens (tertiary/aromatic N) is 2. The van der Waals surface area contributed by atoms with Gasteiger partial charge in [-0.3, -0.25) is 4.79 Å². The van der Waals surface area contributed by atoms with Gasteiger partial charge >= 0.3 is 5.97 Å². The molecule has 0 aromatic carbocycles. The first-order valence-electron chi connectivity index (χ1n) is 8.97. The van der Waals surface area contributed by atoms with E-state index < -0.39 is 27.9 Å². The molecule has 0 saturated carbocycles. The first kappa shape index (κ1) is 20.4. The molecule has 9 heteroatoms. The van der Waals surface area contributed by atoms with Crippen molar-refractivity contribution >= 4 is 21.9 Å². The van der Waals surface area contributed by atoms with Gasteiger partial charge in [-0.05, 0) is 25.3 Å². The summed E-state index contributed by atoms with van der Waals surface area (Å²) in [6, 6.07) is 0.331. The molecular weight excluding hydrogens is 358 g/mol. The number of carbonyl (C=O) groups excluding carboxylic acids is 1. The second kappa shape index (κ2) is 8.68. The average molecular weight is 385 g/mol. The second-order valence-electron chi connectivity index (χ2n) is 6.64. The van der Waals surface area contributed by atoms with Crippen molar-refractivity contribution in [3.05, 3.63) is 18.0 Å². The van der Waals surface area contributed by atoms with Crippen LogP contribution < -0.4 is 5.32 Å². The summed E-state index contributed by atoms with van der Waals surface area (Å²) in [6.45, 7) is 2.91. The van der Waals surface area contributed by atoms with Crippen molar-refractivity contribution < 1.29 is 23.1 Å². The van der Waals surface area contributed by atoms with Crippen LogP contribution in [-0.4, -0.2) is 53.4 Å². The Kier molecular flexibility index (Phi) is 6.82. The third-order valence-electron chi connectivity index (χ3n) is 4.62. The fourth-order valence-corrected chi connectivity index (χ4v) is 4.64. The number of unbranched alkanes of at least 4 members (excludes halogenated alkanes) is 1. The highest BCUT2D eigenvalue weighted by Gasteiger charge is 2.29. The average Bonchev–Trinajstić information content (AvgIpc) is 3.01. The largest absolute Gasteiger partial charge is 0.480 e. The minimum absolute atomic E-state index is 0.0625. The Morgan fingerprint density at radius 2 is 1.92 bits per heavy atom. The third kappa shape index (κ3) is 4.64. The lowest BCUT2D eigenvalue weighted by atomic mass is 10.1. The Hall–Kier alpha value is -1.87. The molecule has 1 aliphatic rings. The van der Waals surface area contributed by atoms with Crippen LogP contribution in [0.5, 0.6) is 0 Å². The summed E-state index contributed by atoms with van der Waals surface area (Å²) in [6.07, 6.45) is 5.92. The molecule has 1 aromatic heterocycles. The molecule has 0 aliphatic carbocycles. The Bertz CT molecular complexity index is 750. The van der Waals surface area contributed by atoms with E-state index >= 15 is 0 Å². The summed E-state index contributed by atoms with van der Waals surface area (Å²) in [7, 11) is -2.06. The summed E-state index contributed by atoms with van der Waals surface area (Å²) in [5.41, 5.74) is 0.128. The highest BCUT2D eigenvalue weighted by molar-refractivity contribution is 7.89. The van der Waals surface area contributed by atoms with E-state index in [9.17, 15) is 23.1 Å². The van der Waals surface area contributed by atoms with Crippen LogP contribution in [-0.2, 0) is 21.9 Å². The van der Waals surface area contributed by atoms with E-state index in [1.165, 1.54) is 21.1 Å². The highest BCUT2D eigenvalue weighted by Crippen LogP contribution is 2.22. The molecular formula is C17H27N3O5S. The van der Waals surface area contributed by atoms with Crippen molar-refractivity contribution in [2.75, 3.05) is 13.1 Å². The van der Waals surface area contributed by atoms with Crippen molar-refractivity contribution in [2.45, 2.75) is 56.4 Å². The van der Waals surface area contributed by atoms with Crippen molar-refractivity contribution in [1.29, 1.82) is 0 Å². The van der Waals surface area contributed by atoms with Gasteiger partial charge in [0.05, 0.1) is 0 Å². The van der Waals surface area contributed by atoms with Crippen molar-refractivity contribution in [3.8, 4) is 0 Å². The van der Waals surface area contributed by atoms with Crippen LogP contribution in [0.1, 0.15) is 55.9 Å². The monoisotopic (exact) mass is 385 g/mol. The van der Waals surface area contributed by atoms with Crippen molar-refractivity contribution in [3.63, 3.8) is 0 Å². The molecule has 1 aromatic rings. The number of hydrogen-bond donors (Lipinski definition) is 2. The molecule has 2 heterocycles.